The fourth-order valence-electron chi connectivity index (χ4n) is 3.77. The fourth-order valence-corrected chi connectivity index (χ4v) is 5.04. The summed E-state index contributed by atoms with van der Waals surface area (Å²) in [5, 5.41) is 10.6. The number of aromatic nitrogens is 3. The van der Waals surface area contributed by atoms with E-state index in [4.69, 9.17) is 16.3 Å². The fraction of sp³-hybridized carbons (Fsp3) is 0.0870. The number of rotatable bonds is 3. The minimum Gasteiger partial charge on any atom is -0.508 e. The lowest BCUT2D eigenvalue weighted by molar-refractivity contribution is 0.0606. The lowest BCUT2D eigenvalue weighted by Crippen LogP contribution is -2.10. The van der Waals surface area contributed by atoms with Crippen LogP contribution >= 0.6 is 22.9 Å². The zero-order valence-corrected chi connectivity index (χ0v) is 18.5. The number of halogens is 1. The summed E-state index contributed by atoms with van der Waals surface area (Å²) in [5.41, 5.74) is 3.36. The summed E-state index contributed by atoms with van der Waals surface area (Å²) in [5.74, 6) is 0.170. The number of nitrogens with one attached hydrogen (secondary N) is 1. The Bertz CT molecular complexity index is 1600. The maximum Gasteiger partial charge on any atom is 0.348 e. The van der Waals surface area contributed by atoms with E-state index in [1.54, 1.807) is 31.2 Å². The van der Waals surface area contributed by atoms with Crippen molar-refractivity contribution < 1.29 is 14.6 Å². The molecule has 2 aromatic carbocycles. The van der Waals surface area contributed by atoms with Gasteiger partial charge in [-0.05, 0) is 55.5 Å². The summed E-state index contributed by atoms with van der Waals surface area (Å²) in [4.78, 5) is 32.0. The first-order chi connectivity index (χ1) is 15.4. The zero-order chi connectivity index (χ0) is 22.6. The molecule has 3 heterocycles. The second-order valence-corrected chi connectivity index (χ2v) is 8.72. The van der Waals surface area contributed by atoms with E-state index in [1.165, 1.54) is 24.5 Å². The second kappa shape index (κ2) is 7.51. The van der Waals surface area contributed by atoms with Crippen molar-refractivity contribution in [2.75, 3.05) is 7.11 Å². The van der Waals surface area contributed by atoms with Gasteiger partial charge >= 0.3 is 5.97 Å². The lowest BCUT2D eigenvalue weighted by atomic mass is 10.1. The van der Waals surface area contributed by atoms with Gasteiger partial charge in [-0.25, -0.2) is 9.78 Å². The van der Waals surface area contributed by atoms with Crippen LogP contribution in [0.25, 0.3) is 38.1 Å². The number of fused-ring (bicyclic) bond motifs is 2. The molecular weight excluding hydrogens is 450 g/mol. The van der Waals surface area contributed by atoms with E-state index in [-0.39, 0.29) is 11.3 Å². The van der Waals surface area contributed by atoms with Gasteiger partial charge in [0.05, 0.1) is 38.9 Å². The Morgan fingerprint density at radius 3 is 2.75 bits per heavy atom. The molecule has 5 rings (SSSR count). The molecule has 0 atom stereocenters. The molecule has 0 fully saturated rings. The molecular formula is C23H16ClN3O4S. The number of aryl methyl sites for hydroxylation is 1. The standard InChI is InChI=1S/C23H16ClN3O4S/c1-11-25-17-7-12(3-5-15(17)22(29)26-11)27-18(14-6-4-13(28)8-16(14)24)9-20-19(27)10-21(32-20)23(30)31-2/h3-10,28H,1-2H3,(H,25,26,29). The molecule has 0 aliphatic heterocycles. The highest BCUT2D eigenvalue weighted by molar-refractivity contribution is 7.20. The van der Waals surface area contributed by atoms with Crippen LogP contribution in [-0.2, 0) is 4.74 Å². The van der Waals surface area contributed by atoms with Gasteiger partial charge in [0.15, 0.2) is 0 Å². The van der Waals surface area contributed by atoms with Crippen LogP contribution in [0.5, 0.6) is 5.75 Å². The van der Waals surface area contributed by atoms with Crippen LogP contribution in [0.1, 0.15) is 15.5 Å². The van der Waals surface area contributed by atoms with E-state index in [1.807, 2.05) is 22.8 Å². The number of esters is 1. The smallest absolute Gasteiger partial charge is 0.348 e. The van der Waals surface area contributed by atoms with E-state index in [0.717, 1.165) is 21.6 Å². The van der Waals surface area contributed by atoms with Gasteiger partial charge < -0.3 is 19.4 Å². The van der Waals surface area contributed by atoms with Crippen LogP contribution < -0.4 is 5.56 Å². The van der Waals surface area contributed by atoms with Crippen molar-refractivity contribution in [3.63, 3.8) is 0 Å². The van der Waals surface area contributed by atoms with Gasteiger partial charge in [-0.15, -0.1) is 11.3 Å². The molecule has 0 aliphatic rings. The molecule has 0 saturated carbocycles. The van der Waals surface area contributed by atoms with Gasteiger partial charge in [0.2, 0.25) is 0 Å². The first-order valence-electron chi connectivity index (χ1n) is 9.59. The van der Waals surface area contributed by atoms with Crippen LogP contribution in [0.3, 0.4) is 0 Å². The Hall–Kier alpha value is -3.62. The largest absolute Gasteiger partial charge is 0.508 e. The number of nitrogens with zero attached hydrogens (tertiary/aromatic N) is 2. The van der Waals surface area contributed by atoms with Crippen LogP contribution in [0, 0.1) is 6.92 Å². The predicted molar refractivity (Wildman–Crippen MR) is 125 cm³/mol. The van der Waals surface area contributed by atoms with Gasteiger partial charge in [-0.3, -0.25) is 4.79 Å². The normalized spacial score (nSPS) is 11.3. The molecule has 3 aromatic heterocycles. The summed E-state index contributed by atoms with van der Waals surface area (Å²) in [6, 6.07) is 13.9. The zero-order valence-electron chi connectivity index (χ0n) is 17.0. The predicted octanol–water partition coefficient (Wildman–Crippen LogP) is 5.05. The van der Waals surface area contributed by atoms with Crippen molar-refractivity contribution >= 4 is 50.0 Å². The van der Waals surface area contributed by atoms with Crippen LogP contribution in [-0.4, -0.2) is 32.7 Å². The summed E-state index contributed by atoms with van der Waals surface area (Å²) < 4.78 is 7.69. The SMILES string of the molecule is COC(=O)c1cc2c(cc(-c3ccc(O)cc3Cl)n2-c2ccc3c(=O)[nH]c(C)nc3c2)s1. The molecule has 9 heteroatoms. The van der Waals surface area contributed by atoms with Gasteiger partial charge in [0.25, 0.3) is 5.56 Å². The summed E-state index contributed by atoms with van der Waals surface area (Å²) in [6.45, 7) is 1.73. The molecule has 0 bridgehead atoms. The van der Waals surface area contributed by atoms with E-state index in [9.17, 15) is 14.7 Å². The number of methoxy groups -OCH3 is 1. The van der Waals surface area contributed by atoms with E-state index >= 15 is 0 Å². The quantitative estimate of drug-likeness (QED) is 0.363. The number of aromatic hydroxyl groups is 1. The number of carbonyl (C=O) groups excluding carboxylic acids is 1. The molecule has 0 spiro atoms. The first kappa shape index (κ1) is 20.3. The van der Waals surface area contributed by atoms with Gasteiger partial charge in [-0.1, -0.05) is 11.6 Å². The topological polar surface area (TPSA) is 97.2 Å². The number of phenolic OH excluding ortho intramolecular Hbond substituents is 1. The first-order valence-corrected chi connectivity index (χ1v) is 10.8. The number of phenols is 1. The number of benzene rings is 2. The number of aromatic amines is 1. The Morgan fingerprint density at radius 1 is 1.19 bits per heavy atom. The highest BCUT2D eigenvalue weighted by Crippen LogP contribution is 2.40. The molecule has 0 aliphatic carbocycles. The van der Waals surface area contributed by atoms with Crippen LogP contribution in [0.15, 0.2) is 53.3 Å². The van der Waals surface area contributed by atoms with E-state index in [2.05, 4.69) is 9.97 Å². The summed E-state index contributed by atoms with van der Waals surface area (Å²) in [6.07, 6.45) is 0. The van der Waals surface area contributed by atoms with Crippen molar-refractivity contribution in [1.82, 2.24) is 14.5 Å². The highest BCUT2D eigenvalue weighted by Gasteiger charge is 2.20. The molecule has 160 valence electrons. The third-order valence-corrected chi connectivity index (χ3v) is 6.54. The molecule has 0 saturated heterocycles. The van der Waals surface area contributed by atoms with Gasteiger partial charge in [0, 0.05) is 11.3 Å². The van der Waals surface area contributed by atoms with Crippen molar-refractivity contribution in [3.8, 4) is 22.7 Å². The average Bonchev–Trinajstić information content (AvgIpc) is 3.30. The summed E-state index contributed by atoms with van der Waals surface area (Å²) in [7, 11) is 1.34. The van der Waals surface area contributed by atoms with Crippen molar-refractivity contribution in [2.24, 2.45) is 0 Å². The summed E-state index contributed by atoms with van der Waals surface area (Å²) >= 11 is 7.77. The molecule has 5 aromatic rings. The Labute approximate surface area is 190 Å². The van der Waals surface area contributed by atoms with Crippen LogP contribution in [0.4, 0.5) is 0 Å². The van der Waals surface area contributed by atoms with Crippen molar-refractivity contribution in [2.45, 2.75) is 6.92 Å². The average molecular weight is 466 g/mol. The Balaban J connectivity index is 1.83. The highest BCUT2D eigenvalue weighted by atomic mass is 35.5. The number of ether oxygens (including phenoxy) is 1. The van der Waals surface area contributed by atoms with Gasteiger partial charge in [0.1, 0.15) is 16.5 Å². The molecule has 7 nitrogen and oxygen atoms in total. The van der Waals surface area contributed by atoms with E-state index in [0.29, 0.717) is 32.2 Å². The minimum atomic E-state index is -0.413. The molecule has 0 amide bonds. The Morgan fingerprint density at radius 2 is 2.00 bits per heavy atom. The molecule has 32 heavy (non-hydrogen) atoms. The minimum absolute atomic E-state index is 0.0660. The van der Waals surface area contributed by atoms with Crippen LogP contribution in [0.2, 0.25) is 5.02 Å². The molecule has 0 radical (unpaired) electrons. The number of thiophene rings is 1. The van der Waals surface area contributed by atoms with Gasteiger partial charge in [-0.2, -0.15) is 0 Å². The third kappa shape index (κ3) is 3.24. The van der Waals surface area contributed by atoms with E-state index < -0.39 is 5.97 Å². The lowest BCUT2D eigenvalue weighted by Gasteiger charge is -2.13. The number of H-pyrrole nitrogens is 1. The van der Waals surface area contributed by atoms with Crippen molar-refractivity contribution in [3.05, 3.63) is 74.6 Å². The second-order valence-electron chi connectivity index (χ2n) is 7.23. The molecule has 0 unspecified atom stereocenters. The number of hydrogen-bond acceptors (Lipinski definition) is 6. The maximum atomic E-state index is 12.3. The third-order valence-electron chi connectivity index (χ3n) is 5.17. The Kier molecular flexibility index (Phi) is 4.76. The van der Waals surface area contributed by atoms with Crippen molar-refractivity contribution in [1.29, 1.82) is 0 Å². The monoisotopic (exact) mass is 465 g/mol. The number of carbonyl (C=O) groups is 1. The maximum absolute atomic E-state index is 12.3. The molecule has 2 N–H and O–H groups in total. The number of hydrogen-bond donors (Lipinski definition) is 2.